The Morgan fingerprint density at radius 1 is 1.44 bits per heavy atom. The van der Waals surface area contributed by atoms with E-state index >= 15 is 0 Å². The molecule has 2 rings (SSSR count). The van der Waals surface area contributed by atoms with Crippen LogP contribution in [-0.4, -0.2) is 12.1 Å². The molecule has 1 aromatic carbocycles. The van der Waals surface area contributed by atoms with Gasteiger partial charge in [0.2, 0.25) is 0 Å². The smallest absolute Gasteiger partial charge is 0.141 e. The zero-order valence-electron chi connectivity index (χ0n) is 9.44. The van der Waals surface area contributed by atoms with Gasteiger partial charge in [0.1, 0.15) is 17.9 Å². The molecule has 3 heteroatoms. The predicted octanol–water partition coefficient (Wildman–Crippen LogP) is 2.00. The first-order valence-electron chi connectivity index (χ1n) is 5.54. The van der Waals surface area contributed by atoms with Crippen molar-refractivity contribution in [2.45, 2.75) is 25.3 Å². The first-order valence-corrected chi connectivity index (χ1v) is 5.54. The molecule has 0 heterocycles. The molecule has 0 amide bonds. The summed E-state index contributed by atoms with van der Waals surface area (Å²) in [6.45, 7) is 2.30. The lowest BCUT2D eigenvalue weighted by Gasteiger charge is -2.21. The van der Waals surface area contributed by atoms with Gasteiger partial charge in [0, 0.05) is 0 Å². The highest BCUT2D eigenvalue weighted by molar-refractivity contribution is 5.27. The maximum absolute atomic E-state index is 9.06. The van der Waals surface area contributed by atoms with Crippen molar-refractivity contribution in [2.75, 3.05) is 6.61 Å². The zero-order chi connectivity index (χ0) is 11.6. The second kappa shape index (κ2) is 4.15. The first kappa shape index (κ1) is 11.0. The highest BCUT2D eigenvalue weighted by Crippen LogP contribution is 2.38. The summed E-state index contributed by atoms with van der Waals surface area (Å²) in [6.07, 6.45) is 2.09. The van der Waals surface area contributed by atoms with Gasteiger partial charge >= 0.3 is 0 Å². The van der Waals surface area contributed by atoms with Gasteiger partial charge < -0.3 is 10.5 Å². The Hall–Kier alpha value is -1.53. The average Bonchev–Trinajstić information content (AvgIpc) is 3.12. The number of hydrogen-bond donors (Lipinski definition) is 1. The number of nitrogens with two attached hydrogens (primary N) is 1. The quantitative estimate of drug-likeness (QED) is 0.837. The van der Waals surface area contributed by atoms with E-state index in [1.807, 2.05) is 31.2 Å². The molecule has 0 spiro atoms. The van der Waals surface area contributed by atoms with Gasteiger partial charge in [0.25, 0.3) is 0 Å². The number of nitriles is 1. The van der Waals surface area contributed by atoms with Crippen LogP contribution in [0.4, 0.5) is 0 Å². The molecular formula is C13H16N2O. The predicted molar refractivity (Wildman–Crippen MR) is 61.9 cm³/mol. The van der Waals surface area contributed by atoms with E-state index in [0.29, 0.717) is 5.92 Å². The van der Waals surface area contributed by atoms with E-state index in [1.54, 1.807) is 0 Å². The standard InChI is InChI=1S/C13H16N2O/c1-10-2-6-12(7-3-10)16-9-13(15,8-14)11-4-5-11/h2-3,6-7,11H,4-5,9,15H2,1H3. The van der Waals surface area contributed by atoms with Crippen molar-refractivity contribution in [2.24, 2.45) is 11.7 Å². The van der Waals surface area contributed by atoms with Crippen LogP contribution in [0, 0.1) is 24.2 Å². The third-order valence-electron chi connectivity index (χ3n) is 3.01. The van der Waals surface area contributed by atoms with Crippen molar-refractivity contribution in [3.05, 3.63) is 29.8 Å². The number of benzene rings is 1. The van der Waals surface area contributed by atoms with E-state index in [-0.39, 0.29) is 6.61 Å². The molecule has 2 N–H and O–H groups in total. The van der Waals surface area contributed by atoms with Gasteiger partial charge in [-0.2, -0.15) is 5.26 Å². The van der Waals surface area contributed by atoms with Gasteiger partial charge in [-0.05, 0) is 37.8 Å². The van der Waals surface area contributed by atoms with Gasteiger partial charge in [-0.3, -0.25) is 0 Å². The summed E-state index contributed by atoms with van der Waals surface area (Å²) in [5.41, 5.74) is 6.37. The summed E-state index contributed by atoms with van der Waals surface area (Å²) >= 11 is 0. The SMILES string of the molecule is Cc1ccc(OCC(N)(C#N)C2CC2)cc1. The summed E-state index contributed by atoms with van der Waals surface area (Å²) in [4.78, 5) is 0. The summed E-state index contributed by atoms with van der Waals surface area (Å²) in [5.74, 6) is 1.08. The van der Waals surface area contributed by atoms with E-state index in [4.69, 9.17) is 15.7 Å². The van der Waals surface area contributed by atoms with Crippen LogP contribution in [0.5, 0.6) is 5.75 Å². The fourth-order valence-electron chi connectivity index (χ4n) is 1.68. The monoisotopic (exact) mass is 216 g/mol. The fourth-order valence-corrected chi connectivity index (χ4v) is 1.68. The number of ether oxygens (including phenoxy) is 1. The van der Waals surface area contributed by atoms with Crippen molar-refractivity contribution in [1.29, 1.82) is 5.26 Å². The lowest BCUT2D eigenvalue weighted by Crippen LogP contribution is -2.46. The summed E-state index contributed by atoms with van der Waals surface area (Å²) < 4.78 is 5.57. The Kier molecular flexibility index (Phi) is 2.84. The van der Waals surface area contributed by atoms with Crippen LogP contribution >= 0.6 is 0 Å². The van der Waals surface area contributed by atoms with Crippen molar-refractivity contribution < 1.29 is 4.74 Å². The second-order valence-corrected chi connectivity index (χ2v) is 4.53. The minimum absolute atomic E-state index is 0.275. The molecule has 1 aliphatic rings. The van der Waals surface area contributed by atoms with Crippen LogP contribution in [0.2, 0.25) is 0 Å². The molecule has 0 aromatic heterocycles. The molecule has 0 saturated heterocycles. The molecule has 0 aliphatic heterocycles. The summed E-state index contributed by atoms with van der Waals surface area (Å²) in [6, 6.07) is 9.95. The van der Waals surface area contributed by atoms with Crippen LogP contribution in [-0.2, 0) is 0 Å². The Bertz CT molecular complexity index is 403. The van der Waals surface area contributed by atoms with E-state index in [0.717, 1.165) is 18.6 Å². The molecule has 1 saturated carbocycles. The Morgan fingerprint density at radius 2 is 2.06 bits per heavy atom. The van der Waals surface area contributed by atoms with Crippen LogP contribution in [0.25, 0.3) is 0 Å². The fraction of sp³-hybridized carbons (Fsp3) is 0.462. The highest BCUT2D eigenvalue weighted by atomic mass is 16.5. The minimum atomic E-state index is -0.815. The molecule has 0 radical (unpaired) electrons. The maximum atomic E-state index is 9.06. The van der Waals surface area contributed by atoms with Crippen molar-refractivity contribution >= 4 is 0 Å². The van der Waals surface area contributed by atoms with Gasteiger partial charge in [-0.25, -0.2) is 0 Å². The van der Waals surface area contributed by atoms with E-state index in [1.165, 1.54) is 5.56 Å². The highest BCUT2D eigenvalue weighted by Gasteiger charge is 2.43. The van der Waals surface area contributed by atoms with Crippen molar-refractivity contribution in [3.63, 3.8) is 0 Å². The molecule has 3 nitrogen and oxygen atoms in total. The van der Waals surface area contributed by atoms with Crippen molar-refractivity contribution in [1.82, 2.24) is 0 Å². The Labute approximate surface area is 95.8 Å². The molecule has 1 aliphatic carbocycles. The number of nitrogens with zero attached hydrogens (tertiary/aromatic N) is 1. The van der Waals surface area contributed by atoms with Gasteiger partial charge in [-0.15, -0.1) is 0 Å². The third-order valence-corrected chi connectivity index (χ3v) is 3.01. The first-order chi connectivity index (χ1) is 7.64. The lowest BCUT2D eigenvalue weighted by atomic mass is 9.98. The average molecular weight is 216 g/mol. The van der Waals surface area contributed by atoms with Gasteiger partial charge in [0.05, 0.1) is 6.07 Å². The van der Waals surface area contributed by atoms with Gasteiger partial charge in [-0.1, -0.05) is 17.7 Å². The van der Waals surface area contributed by atoms with Gasteiger partial charge in [0.15, 0.2) is 0 Å². The summed E-state index contributed by atoms with van der Waals surface area (Å²) in [7, 11) is 0. The third kappa shape index (κ3) is 2.34. The van der Waals surface area contributed by atoms with Crippen LogP contribution in [0.1, 0.15) is 18.4 Å². The normalized spacial score (nSPS) is 18.6. The maximum Gasteiger partial charge on any atom is 0.141 e. The molecule has 1 atom stereocenters. The molecule has 1 fully saturated rings. The zero-order valence-corrected chi connectivity index (χ0v) is 9.44. The molecule has 0 bridgehead atoms. The Balaban J connectivity index is 1.96. The molecule has 16 heavy (non-hydrogen) atoms. The number of rotatable bonds is 4. The van der Waals surface area contributed by atoms with Crippen LogP contribution in [0.3, 0.4) is 0 Å². The van der Waals surface area contributed by atoms with Crippen LogP contribution < -0.4 is 10.5 Å². The Morgan fingerprint density at radius 3 is 2.56 bits per heavy atom. The molecule has 1 unspecified atom stereocenters. The van der Waals surface area contributed by atoms with Crippen LogP contribution in [0.15, 0.2) is 24.3 Å². The van der Waals surface area contributed by atoms with Crippen molar-refractivity contribution in [3.8, 4) is 11.8 Å². The van der Waals surface area contributed by atoms with E-state index in [2.05, 4.69) is 6.07 Å². The largest absolute Gasteiger partial charge is 0.491 e. The lowest BCUT2D eigenvalue weighted by molar-refractivity contribution is 0.237. The molecule has 1 aromatic rings. The number of hydrogen-bond acceptors (Lipinski definition) is 3. The molecule has 84 valence electrons. The molecular weight excluding hydrogens is 200 g/mol. The van der Waals surface area contributed by atoms with E-state index in [9.17, 15) is 0 Å². The van der Waals surface area contributed by atoms with E-state index < -0.39 is 5.54 Å². The number of aryl methyl sites for hydroxylation is 1. The topological polar surface area (TPSA) is 59.0 Å². The summed E-state index contributed by atoms with van der Waals surface area (Å²) in [5, 5.41) is 9.06. The minimum Gasteiger partial charge on any atom is -0.491 e. The second-order valence-electron chi connectivity index (χ2n) is 4.53.